The predicted molar refractivity (Wildman–Crippen MR) is 44.6 cm³/mol. The second kappa shape index (κ2) is 4.90. The average Bonchev–Trinajstić information content (AvgIpc) is 2.12. The number of rotatable bonds is 6. The van der Waals surface area contributed by atoms with E-state index in [0.717, 1.165) is 0 Å². The molecule has 0 aromatic heterocycles. The lowest BCUT2D eigenvalue weighted by Gasteiger charge is -2.25. The Hall–Kier alpha value is -1.17. The van der Waals surface area contributed by atoms with Crippen molar-refractivity contribution in [2.45, 2.75) is 38.6 Å². The van der Waals surface area contributed by atoms with E-state index >= 15 is 0 Å². The maximum absolute atomic E-state index is 12.8. The third-order valence-electron chi connectivity index (χ3n) is 1.84. The first-order valence-electron chi connectivity index (χ1n) is 4.19. The van der Waals surface area contributed by atoms with E-state index in [1.165, 1.54) is 13.8 Å². The van der Waals surface area contributed by atoms with Crippen molar-refractivity contribution in [3.05, 3.63) is 0 Å². The van der Waals surface area contributed by atoms with Crippen LogP contribution in [-0.2, 0) is 14.3 Å². The molecule has 0 aliphatic rings. The van der Waals surface area contributed by atoms with Gasteiger partial charge in [0.05, 0.1) is 0 Å². The molecule has 82 valence electrons. The molecule has 1 atom stereocenters. The summed E-state index contributed by atoms with van der Waals surface area (Å²) in [7, 11) is 0. The molecule has 0 aromatic rings. The van der Waals surface area contributed by atoms with Crippen molar-refractivity contribution in [2.24, 2.45) is 0 Å². The Morgan fingerprint density at radius 1 is 1.36 bits per heavy atom. The molecule has 0 radical (unpaired) electrons. The number of carboxylic acid groups (broad SMARTS) is 2. The molecular formula is C8H13FO5. The number of aliphatic carboxylic acids is 2. The van der Waals surface area contributed by atoms with Crippen molar-refractivity contribution in [3.8, 4) is 0 Å². The summed E-state index contributed by atoms with van der Waals surface area (Å²) in [5, 5.41) is 17.3. The molecule has 0 aromatic carbocycles. The number of alkyl halides is 1. The summed E-state index contributed by atoms with van der Waals surface area (Å²) in [6.45, 7) is 2.74. The number of carbonyl (C=O) groups is 2. The zero-order chi connectivity index (χ0) is 11.4. The number of halogens is 1. The minimum absolute atomic E-state index is 0.0949. The van der Waals surface area contributed by atoms with Crippen molar-refractivity contribution >= 4 is 11.9 Å². The number of hydrogen-bond acceptors (Lipinski definition) is 3. The monoisotopic (exact) mass is 208 g/mol. The van der Waals surface area contributed by atoms with Gasteiger partial charge in [-0.1, -0.05) is 13.8 Å². The Morgan fingerprint density at radius 3 is 2.00 bits per heavy atom. The van der Waals surface area contributed by atoms with Crippen LogP contribution in [0.2, 0.25) is 0 Å². The highest BCUT2D eigenvalue weighted by Gasteiger charge is 2.48. The van der Waals surface area contributed by atoms with Gasteiger partial charge in [0.25, 0.3) is 5.60 Å². The van der Waals surface area contributed by atoms with E-state index < -0.39 is 23.9 Å². The van der Waals surface area contributed by atoms with E-state index in [1.54, 1.807) is 0 Å². The molecule has 0 bridgehead atoms. The molecule has 5 nitrogen and oxygen atoms in total. The lowest BCUT2D eigenvalue weighted by molar-refractivity contribution is -0.204. The Kier molecular flexibility index (Phi) is 4.49. The molecule has 0 saturated carbocycles. The zero-order valence-electron chi connectivity index (χ0n) is 7.99. The normalized spacial score (nSPS) is 13.6. The van der Waals surface area contributed by atoms with Crippen molar-refractivity contribution in [1.29, 1.82) is 0 Å². The van der Waals surface area contributed by atoms with Crippen LogP contribution in [0, 0.1) is 0 Å². The molecule has 0 fully saturated rings. The number of ether oxygens (including phenoxy) is 1. The second-order valence-electron chi connectivity index (χ2n) is 2.73. The minimum atomic E-state index is -2.48. The highest BCUT2D eigenvalue weighted by molar-refractivity contribution is 6.01. The Morgan fingerprint density at radius 2 is 1.79 bits per heavy atom. The second-order valence-corrected chi connectivity index (χ2v) is 2.73. The molecule has 0 amide bonds. The first-order chi connectivity index (χ1) is 6.40. The molecule has 6 heteroatoms. The molecule has 0 saturated heterocycles. The van der Waals surface area contributed by atoms with Gasteiger partial charge in [-0.15, -0.1) is 0 Å². The molecule has 0 aliphatic heterocycles. The standard InChI is InChI=1S/C8H13FO5/c1-3-5(9)14-8(4-2,6(10)11)7(12)13/h5H,3-4H2,1-2H3,(H,10,11)(H,12,13). The van der Waals surface area contributed by atoms with Gasteiger partial charge in [-0.3, -0.25) is 0 Å². The smallest absolute Gasteiger partial charge is 0.347 e. The summed E-state index contributed by atoms with van der Waals surface area (Å²) in [4.78, 5) is 21.3. The fourth-order valence-corrected chi connectivity index (χ4v) is 0.880. The van der Waals surface area contributed by atoms with E-state index in [1.807, 2.05) is 0 Å². The van der Waals surface area contributed by atoms with Gasteiger partial charge in [0.1, 0.15) is 0 Å². The van der Waals surface area contributed by atoms with Gasteiger partial charge >= 0.3 is 11.9 Å². The van der Waals surface area contributed by atoms with Crippen molar-refractivity contribution in [2.75, 3.05) is 0 Å². The molecule has 0 rings (SSSR count). The summed E-state index contributed by atoms with van der Waals surface area (Å²) >= 11 is 0. The van der Waals surface area contributed by atoms with Crippen molar-refractivity contribution in [3.63, 3.8) is 0 Å². The third kappa shape index (κ3) is 2.41. The SMILES string of the molecule is CCC(F)OC(CC)(C(=O)O)C(=O)O. The van der Waals surface area contributed by atoms with Crippen LogP contribution in [0.1, 0.15) is 26.7 Å². The topological polar surface area (TPSA) is 83.8 Å². The van der Waals surface area contributed by atoms with Gasteiger partial charge in [-0.2, -0.15) is 0 Å². The average molecular weight is 208 g/mol. The van der Waals surface area contributed by atoms with Gasteiger partial charge in [0, 0.05) is 6.42 Å². The predicted octanol–water partition coefficient (Wildman–Crippen LogP) is 1.03. The summed E-state index contributed by atoms with van der Waals surface area (Å²) in [5.41, 5.74) is -2.48. The number of carboxylic acids is 2. The summed E-state index contributed by atoms with van der Waals surface area (Å²) < 4.78 is 17.2. The Balaban J connectivity index is 4.86. The van der Waals surface area contributed by atoms with E-state index in [-0.39, 0.29) is 12.8 Å². The highest BCUT2D eigenvalue weighted by Crippen LogP contribution is 2.21. The summed E-state index contributed by atoms with van der Waals surface area (Å²) in [6.07, 6.45) is -2.32. The maximum atomic E-state index is 12.8. The van der Waals surface area contributed by atoms with Gasteiger partial charge in [0.2, 0.25) is 6.36 Å². The van der Waals surface area contributed by atoms with Crippen LogP contribution < -0.4 is 0 Å². The quantitative estimate of drug-likeness (QED) is 0.637. The number of hydrogen-bond donors (Lipinski definition) is 2. The van der Waals surface area contributed by atoms with Crippen LogP contribution >= 0.6 is 0 Å². The van der Waals surface area contributed by atoms with E-state index in [2.05, 4.69) is 4.74 Å². The van der Waals surface area contributed by atoms with Gasteiger partial charge < -0.3 is 14.9 Å². The molecule has 0 aliphatic carbocycles. The third-order valence-corrected chi connectivity index (χ3v) is 1.84. The molecular weight excluding hydrogens is 195 g/mol. The first kappa shape index (κ1) is 12.8. The van der Waals surface area contributed by atoms with Gasteiger partial charge in [-0.25, -0.2) is 14.0 Å². The van der Waals surface area contributed by atoms with E-state index in [4.69, 9.17) is 10.2 Å². The molecule has 2 N–H and O–H groups in total. The van der Waals surface area contributed by atoms with Gasteiger partial charge in [0.15, 0.2) is 0 Å². The molecule has 0 heterocycles. The molecule has 1 unspecified atom stereocenters. The summed E-state index contributed by atoms with van der Waals surface area (Å²) in [5.74, 6) is -3.38. The van der Waals surface area contributed by atoms with Crippen LogP contribution in [0.3, 0.4) is 0 Å². The van der Waals surface area contributed by atoms with Crippen LogP contribution in [-0.4, -0.2) is 34.1 Å². The van der Waals surface area contributed by atoms with Crippen LogP contribution in [0.4, 0.5) is 4.39 Å². The Bertz CT molecular complexity index is 214. The lowest BCUT2D eigenvalue weighted by atomic mass is 10.0. The fourth-order valence-electron chi connectivity index (χ4n) is 0.880. The van der Waals surface area contributed by atoms with E-state index in [9.17, 15) is 14.0 Å². The first-order valence-corrected chi connectivity index (χ1v) is 4.19. The fraction of sp³-hybridized carbons (Fsp3) is 0.750. The minimum Gasteiger partial charge on any atom is -0.479 e. The zero-order valence-corrected chi connectivity index (χ0v) is 7.99. The van der Waals surface area contributed by atoms with Crippen LogP contribution in [0.25, 0.3) is 0 Å². The van der Waals surface area contributed by atoms with E-state index in [0.29, 0.717) is 0 Å². The van der Waals surface area contributed by atoms with Gasteiger partial charge in [-0.05, 0) is 6.42 Å². The maximum Gasteiger partial charge on any atom is 0.347 e. The Labute approximate surface area is 80.5 Å². The highest BCUT2D eigenvalue weighted by atomic mass is 19.1. The summed E-state index contributed by atoms with van der Waals surface area (Å²) in [6, 6.07) is 0. The van der Waals surface area contributed by atoms with Crippen LogP contribution in [0.5, 0.6) is 0 Å². The molecule has 0 spiro atoms. The van der Waals surface area contributed by atoms with Crippen LogP contribution in [0.15, 0.2) is 0 Å². The molecule has 14 heavy (non-hydrogen) atoms. The van der Waals surface area contributed by atoms with Crippen molar-refractivity contribution in [1.82, 2.24) is 0 Å². The lowest BCUT2D eigenvalue weighted by Crippen LogP contribution is -2.50. The largest absolute Gasteiger partial charge is 0.479 e. The van der Waals surface area contributed by atoms with Crippen molar-refractivity contribution < 1.29 is 28.9 Å².